The monoisotopic (exact) mass is 436 g/mol. The van der Waals surface area contributed by atoms with Gasteiger partial charge >= 0.3 is 0 Å². The van der Waals surface area contributed by atoms with E-state index in [9.17, 15) is 4.79 Å². The summed E-state index contributed by atoms with van der Waals surface area (Å²) in [4.78, 5) is 19.6. The summed E-state index contributed by atoms with van der Waals surface area (Å²) in [6.07, 6.45) is 1.75. The van der Waals surface area contributed by atoms with E-state index in [4.69, 9.17) is 32.7 Å². The van der Waals surface area contributed by atoms with Crippen LogP contribution in [0, 0.1) is 0 Å². The molecule has 146 valence electrons. The molecule has 0 unspecified atom stereocenters. The highest BCUT2D eigenvalue weighted by Crippen LogP contribution is 2.37. The molecule has 0 saturated carbocycles. The summed E-state index contributed by atoms with van der Waals surface area (Å²) in [6, 6.07) is 10.8. The van der Waals surface area contributed by atoms with E-state index >= 15 is 0 Å². The number of nitrogens with zero attached hydrogens (tertiary/aromatic N) is 2. The van der Waals surface area contributed by atoms with Gasteiger partial charge in [0.1, 0.15) is 5.75 Å². The minimum absolute atomic E-state index is 0.108. The number of methoxy groups -OCH3 is 2. The molecule has 0 atom stereocenters. The number of likely N-dealkylation sites (N-methyl/N-ethyl adjacent to an activating group) is 1. The third kappa shape index (κ3) is 4.29. The Labute approximate surface area is 177 Å². The Balaban J connectivity index is 1.92. The third-order valence-corrected chi connectivity index (χ3v) is 5.59. The van der Waals surface area contributed by atoms with Crippen LogP contribution in [0.2, 0.25) is 10.0 Å². The number of benzene rings is 2. The van der Waals surface area contributed by atoms with E-state index in [-0.39, 0.29) is 5.91 Å². The largest absolute Gasteiger partial charge is 0.497 e. The molecule has 3 rings (SSSR count). The molecule has 2 aromatic carbocycles. The summed E-state index contributed by atoms with van der Waals surface area (Å²) in [7, 11) is 3.11. The van der Waals surface area contributed by atoms with Gasteiger partial charge in [-0.1, -0.05) is 23.2 Å². The molecule has 0 aliphatic carbocycles. The number of hydrogen-bond acceptors (Lipinski definition) is 5. The van der Waals surface area contributed by atoms with Crippen LogP contribution < -0.4 is 9.47 Å². The minimum atomic E-state index is -0.108. The number of amidine groups is 1. The van der Waals surface area contributed by atoms with Crippen molar-refractivity contribution in [1.82, 2.24) is 4.90 Å². The van der Waals surface area contributed by atoms with Gasteiger partial charge in [-0.15, -0.1) is 0 Å². The van der Waals surface area contributed by atoms with Crippen LogP contribution in [0.1, 0.15) is 12.5 Å². The van der Waals surface area contributed by atoms with Gasteiger partial charge in [-0.25, -0.2) is 4.99 Å². The number of halogens is 2. The lowest BCUT2D eigenvalue weighted by molar-refractivity contribution is -0.122. The first-order chi connectivity index (χ1) is 13.5. The fraction of sp³-hybridized carbons (Fsp3) is 0.200. The van der Waals surface area contributed by atoms with Gasteiger partial charge in [-0.3, -0.25) is 9.69 Å². The summed E-state index contributed by atoms with van der Waals surface area (Å²) >= 11 is 13.7. The molecule has 1 amide bonds. The fourth-order valence-electron chi connectivity index (χ4n) is 2.65. The molecule has 2 aromatic rings. The average Bonchev–Trinajstić information content (AvgIpc) is 2.96. The molecular weight excluding hydrogens is 419 g/mol. The first-order valence-electron chi connectivity index (χ1n) is 8.44. The third-order valence-electron chi connectivity index (χ3n) is 4.02. The van der Waals surface area contributed by atoms with Crippen molar-refractivity contribution in [1.29, 1.82) is 0 Å². The highest BCUT2D eigenvalue weighted by molar-refractivity contribution is 8.18. The summed E-state index contributed by atoms with van der Waals surface area (Å²) in [5, 5.41) is 1.39. The van der Waals surface area contributed by atoms with Gasteiger partial charge in [-0.2, -0.15) is 0 Å². The molecule has 1 saturated heterocycles. The molecule has 28 heavy (non-hydrogen) atoms. The van der Waals surface area contributed by atoms with Crippen LogP contribution in [0.4, 0.5) is 5.69 Å². The Hall–Kier alpha value is -2.15. The Bertz CT molecular complexity index is 935. The molecule has 1 heterocycles. The summed E-state index contributed by atoms with van der Waals surface area (Å²) < 4.78 is 10.3. The van der Waals surface area contributed by atoms with Crippen molar-refractivity contribution in [2.75, 3.05) is 20.8 Å². The zero-order chi connectivity index (χ0) is 20.3. The first kappa shape index (κ1) is 20.6. The van der Waals surface area contributed by atoms with Crippen molar-refractivity contribution in [2.45, 2.75) is 6.92 Å². The molecule has 0 N–H and O–H groups in total. The number of amides is 1. The van der Waals surface area contributed by atoms with Crippen molar-refractivity contribution >= 4 is 57.8 Å². The van der Waals surface area contributed by atoms with Gasteiger partial charge in [0.05, 0.1) is 34.9 Å². The minimum Gasteiger partial charge on any atom is -0.497 e. The van der Waals surface area contributed by atoms with E-state index < -0.39 is 0 Å². The zero-order valence-corrected chi connectivity index (χ0v) is 17.9. The average molecular weight is 437 g/mol. The van der Waals surface area contributed by atoms with Crippen LogP contribution in [0.3, 0.4) is 0 Å². The second-order valence-electron chi connectivity index (χ2n) is 5.77. The molecule has 5 nitrogen and oxygen atoms in total. The maximum absolute atomic E-state index is 12.8. The number of rotatable bonds is 5. The van der Waals surface area contributed by atoms with E-state index in [0.29, 0.717) is 38.0 Å². The lowest BCUT2D eigenvalue weighted by atomic mass is 10.2. The van der Waals surface area contributed by atoms with Gasteiger partial charge in [0.25, 0.3) is 5.91 Å². The molecule has 1 aliphatic rings. The quantitative estimate of drug-likeness (QED) is 0.569. The zero-order valence-electron chi connectivity index (χ0n) is 15.5. The van der Waals surface area contributed by atoms with Crippen LogP contribution >= 0.6 is 35.0 Å². The van der Waals surface area contributed by atoms with E-state index in [1.807, 2.05) is 31.2 Å². The molecule has 0 radical (unpaired) electrons. The topological polar surface area (TPSA) is 51.1 Å². The predicted molar refractivity (Wildman–Crippen MR) is 116 cm³/mol. The summed E-state index contributed by atoms with van der Waals surface area (Å²) in [5.74, 6) is 1.05. The van der Waals surface area contributed by atoms with E-state index in [0.717, 1.165) is 11.4 Å². The van der Waals surface area contributed by atoms with E-state index in [1.54, 1.807) is 30.2 Å². The molecule has 1 aliphatic heterocycles. The Morgan fingerprint density at radius 3 is 2.29 bits per heavy atom. The lowest BCUT2D eigenvalue weighted by Gasteiger charge is -2.12. The molecule has 0 aromatic heterocycles. The van der Waals surface area contributed by atoms with Gasteiger partial charge in [0.15, 0.2) is 10.9 Å². The summed E-state index contributed by atoms with van der Waals surface area (Å²) in [5.41, 5.74) is 1.46. The number of ether oxygens (including phenoxy) is 2. The van der Waals surface area contributed by atoms with Crippen molar-refractivity contribution in [3.63, 3.8) is 0 Å². The van der Waals surface area contributed by atoms with Gasteiger partial charge in [0.2, 0.25) is 0 Å². The van der Waals surface area contributed by atoms with Gasteiger partial charge in [-0.05, 0) is 66.7 Å². The smallest absolute Gasteiger partial charge is 0.266 e. The Morgan fingerprint density at radius 1 is 1.11 bits per heavy atom. The standard InChI is InChI=1S/C20H18Cl2N2O3S/c1-4-24-19(25)17(11-12-9-15(21)18(27-3)16(22)10-12)28-20(24)23-13-5-7-14(26-2)8-6-13/h5-11H,4H2,1-3H3/b17-11+,23-20?. The highest BCUT2D eigenvalue weighted by atomic mass is 35.5. The molecular formula is C20H18Cl2N2O3S. The van der Waals surface area contributed by atoms with Crippen LogP contribution in [-0.2, 0) is 4.79 Å². The van der Waals surface area contributed by atoms with E-state index in [2.05, 4.69) is 4.99 Å². The number of carbonyl (C=O) groups excluding carboxylic acids is 1. The lowest BCUT2D eigenvalue weighted by Crippen LogP contribution is -2.28. The van der Waals surface area contributed by atoms with Crippen LogP contribution in [-0.4, -0.2) is 36.7 Å². The number of aliphatic imine (C=N–C) groups is 1. The van der Waals surface area contributed by atoms with Crippen LogP contribution in [0.15, 0.2) is 46.3 Å². The van der Waals surface area contributed by atoms with Crippen molar-refractivity contribution < 1.29 is 14.3 Å². The second kappa shape index (κ2) is 8.90. The van der Waals surface area contributed by atoms with E-state index in [1.165, 1.54) is 18.9 Å². The highest BCUT2D eigenvalue weighted by Gasteiger charge is 2.32. The first-order valence-corrected chi connectivity index (χ1v) is 10.0. The van der Waals surface area contributed by atoms with Gasteiger partial charge in [0, 0.05) is 6.54 Å². The predicted octanol–water partition coefficient (Wildman–Crippen LogP) is 5.63. The van der Waals surface area contributed by atoms with Crippen LogP contribution in [0.5, 0.6) is 11.5 Å². The van der Waals surface area contributed by atoms with Crippen LogP contribution in [0.25, 0.3) is 6.08 Å². The molecule has 1 fully saturated rings. The Morgan fingerprint density at radius 2 is 1.75 bits per heavy atom. The molecule has 0 bridgehead atoms. The van der Waals surface area contributed by atoms with Crippen molar-refractivity contribution in [3.05, 3.63) is 56.9 Å². The van der Waals surface area contributed by atoms with Crippen molar-refractivity contribution in [3.8, 4) is 11.5 Å². The SMILES string of the molecule is CCN1C(=O)/C(=C\c2cc(Cl)c(OC)c(Cl)c2)SC1=Nc1ccc(OC)cc1. The fourth-order valence-corrected chi connectivity index (χ4v) is 4.37. The Kier molecular flexibility index (Phi) is 6.54. The molecule has 8 heteroatoms. The number of thioether (sulfide) groups is 1. The molecule has 0 spiro atoms. The second-order valence-corrected chi connectivity index (χ2v) is 7.59. The summed E-state index contributed by atoms with van der Waals surface area (Å²) in [6.45, 7) is 2.42. The maximum Gasteiger partial charge on any atom is 0.266 e. The number of carbonyl (C=O) groups is 1. The normalized spacial score (nSPS) is 16.9. The number of hydrogen-bond donors (Lipinski definition) is 0. The van der Waals surface area contributed by atoms with Crippen molar-refractivity contribution in [2.24, 2.45) is 4.99 Å². The maximum atomic E-state index is 12.8. The van der Waals surface area contributed by atoms with Gasteiger partial charge < -0.3 is 9.47 Å².